The number of rotatable bonds is 6. The average molecular weight is 452 g/mol. The highest BCUT2D eigenvalue weighted by Gasteiger charge is 2.24. The summed E-state index contributed by atoms with van der Waals surface area (Å²) in [5, 5.41) is 5.23. The molecule has 0 unspecified atom stereocenters. The molecule has 3 aromatic rings. The van der Waals surface area contributed by atoms with Crippen molar-refractivity contribution in [2.24, 2.45) is 0 Å². The number of piperidine rings is 1. The molecule has 7 heteroatoms. The summed E-state index contributed by atoms with van der Waals surface area (Å²) >= 11 is 0. The Hall–Kier alpha value is -2.90. The molecule has 0 atom stereocenters. The van der Waals surface area contributed by atoms with Crippen molar-refractivity contribution < 1.29 is 13.2 Å². The van der Waals surface area contributed by atoms with Crippen molar-refractivity contribution >= 4 is 32.4 Å². The Morgan fingerprint density at radius 2 is 1.69 bits per heavy atom. The molecule has 0 bridgehead atoms. The number of sulfonamides is 1. The van der Waals surface area contributed by atoms with E-state index in [0.29, 0.717) is 12.1 Å². The van der Waals surface area contributed by atoms with Gasteiger partial charge in [-0.05, 0) is 53.8 Å². The Morgan fingerprint density at radius 3 is 2.44 bits per heavy atom. The SMILES string of the molecule is CN(C)S(=O)(=O)c1ccc(N2CCCCC2)c(C(=O)NCc2cccc3ccccc23)c1. The number of amides is 1. The fourth-order valence-corrected chi connectivity index (χ4v) is 5.12. The first-order chi connectivity index (χ1) is 15.4. The number of fused-ring (bicyclic) bond motifs is 1. The van der Waals surface area contributed by atoms with E-state index < -0.39 is 10.0 Å². The highest BCUT2D eigenvalue weighted by molar-refractivity contribution is 7.89. The van der Waals surface area contributed by atoms with Gasteiger partial charge in [0.15, 0.2) is 0 Å². The standard InChI is InChI=1S/C25H29N3O3S/c1-27(2)32(30,31)21-13-14-24(28-15-6-3-7-16-28)23(17-21)25(29)26-18-20-11-8-10-19-9-4-5-12-22(19)20/h4-5,8-14,17H,3,6-7,15-16,18H2,1-2H3,(H,26,29). The molecule has 0 aromatic heterocycles. The van der Waals surface area contributed by atoms with E-state index in [0.717, 1.165) is 48.0 Å². The minimum absolute atomic E-state index is 0.124. The van der Waals surface area contributed by atoms with Crippen molar-refractivity contribution in [2.75, 3.05) is 32.1 Å². The van der Waals surface area contributed by atoms with Gasteiger partial charge in [0.2, 0.25) is 10.0 Å². The van der Waals surface area contributed by atoms with Crippen molar-refractivity contribution in [3.63, 3.8) is 0 Å². The average Bonchev–Trinajstić information content (AvgIpc) is 2.82. The Morgan fingerprint density at radius 1 is 0.969 bits per heavy atom. The van der Waals surface area contributed by atoms with Crippen LogP contribution in [0, 0.1) is 0 Å². The van der Waals surface area contributed by atoms with Gasteiger partial charge in [0, 0.05) is 39.4 Å². The third-order valence-corrected chi connectivity index (χ3v) is 7.82. The van der Waals surface area contributed by atoms with Gasteiger partial charge in [0.05, 0.1) is 10.5 Å². The van der Waals surface area contributed by atoms with Crippen LogP contribution < -0.4 is 10.2 Å². The zero-order chi connectivity index (χ0) is 22.7. The second-order valence-corrected chi connectivity index (χ2v) is 10.5. The third-order valence-electron chi connectivity index (χ3n) is 6.01. The largest absolute Gasteiger partial charge is 0.371 e. The Kier molecular flexibility index (Phi) is 6.48. The van der Waals surface area contributed by atoms with Crippen LogP contribution in [0.15, 0.2) is 65.6 Å². The summed E-state index contributed by atoms with van der Waals surface area (Å²) in [6, 6.07) is 19.0. The van der Waals surface area contributed by atoms with Crippen LogP contribution >= 0.6 is 0 Å². The summed E-state index contributed by atoms with van der Waals surface area (Å²) in [5.41, 5.74) is 2.21. The number of nitrogens with one attached hydrogen (secondary N) is 1. The molecule has 4 rings (SSSR count). The number of carbonyl (C=O) groups excluding carboxylic acids is 1. The molecule has 1 heterocycles. The normalized spacial score (nSPS) is 14.7. The minimum Gasteiger partial charge on any atom is -0.371 e. The Labute approximate surface area is 189 Å². The minimum atomic E-state index is -3.64. The molecule has 1 aliphatic rings. The van der Waals surface area contributed by atoms with Gasteiger partial charge in [-0.25, -0.2) is 12.7 Å². The molecule has 0 saturated carbocycles. The van der Waals surface area contributed by atoms with Gasteiger partial charge >= 0.3 is 0 Å². The molecular formula is C25H29N3O3S. The topological polar surface area (TPSA) is 69.7 Å². The second-order valence-electron chi connectivity index (χ2n) is 8.34. The summed E-state index contributed by atoms with van der Waals surface area (Å²) in [4.78, 5) is 15.6. The first-order valence-electron chi connectivity index (χ1n) is 10.9. The molecule has 0 aliphatic carbocycles. The fourth-order valence-electron chi connectivity index (χ4n) is 4.20. The molecular weight excluding hydrogens is 422 g/mol. The van der Waals surface area contributed by atoms with E-state index in [1.807, 2.05) is 42.5 Å². The van der Waals surface area contributed by atoms with E-state index in [2.05, 4.69) is 10.2 Å². The van der Waals surface area contributed by atoms with Crippen molar-refractivity contribution in [2.45, 2.75) is 30.7 Å². The van der Waals surface area contributed by atoms with Gasteiger partial charge in [-0.1, -0.05) is 42.5 Å². The molecule has 1 fully saturated rings. The van der Waals surface area contributed by atoms with E-state index in [1.54, 1.807) is 12.1 Å². The first kappa shape index (κ1) is 22.3. The molecule has 6 nitrogen and oxygen atoms in total. The molecule has 3 aromatic carbocycles. The van der Waals surface area contributed by atoms with Crippen LogP contribution in [0.25, 0.3) is 10.8 Å². The number of nitrogens with zero attached hydrogens (tertiary/aromatic N) is 2. The van der Waals surface area contributed by atoms with Crippen LogP contribution in [0.2, 0.25) is 0 Å². The van der Waals surface area contributed by atoms with Crippen LogP contribution in [0.5, 0.6) is 0 Å². The maximum atomic E-state index is 13.3. The number of hydrogen-bond acceptors (Lipinski definition) is 4. The molecule has 1 amide bonds. The monoisotopic (exact) mass is 451 g/mol. The zero-order valence-electron chi connectivity index (χ0n) is 18.5. The third kappa shape index (κ3) is 4.49. The number of benzene rings is 3. The highest BCUT2D eigenvalue weighted by Crippen LogP contribution is 2.28. The zero-order valence-corrected chi connectivity index (χ0v) is 19.4. The van der Waals surface area contributed by atoms with Gasteiger partial charge in [-0.15, -0.1) is 0 Å². The van der Waals surface area contributed by atoms with Gasteiger partial charge in [-0.2, -0.15) is 0 Å². The second kappa shape index (κ2) is 9.30. The number of carbonyl (C=O) groups is 1. The van der Waals surface area contributed by atoms with Crippen LogP contribution in [-0.4, -0.2) is 45.8 Å². The Bertz CT molecular complexity index is 1230. The van der Waals surface area contributed by atoms with Crippen LogP contribution in [0.1, 0.15) is 35.2 Å². The van der Waals surface area contributed by atoms with E-state index in [1.165, 1.54) is 30.9 Å². The maximum absolute atomic E-state index is 13.3. The summed E-state index contributed by atoms with van der Waals surface area (Å²) in [6.45, 7) is 2.09. The highest BCUT2D eigenvalue weighted by atomic mass is 32.2. The lowest BCUT2D eigenvalue weighted by molar-refractivity contribution is 0.0951. The smallest absolute Gasteiger partial charge is 0.253 e. The van der Waals surface area contributed by atoms with Crippen LogP contribution in [0.3, 0.4) is 0 Å². The van der Waals surface area contributed by atoms with Crippen LogP contribution in [0.4, 0.5) is 5.69 Å². The van der Waals surface area contributed by atoms with E-state index in [4.69, 9.17) is 0 Å². The number of hydrogen-bond donors (Lipinski definition) is 1. The quantitative estimate of drug-likeness (QED) is 0.615. The molecule has 0 radical (unpaired) electrons. The first-order valence-corrected chi connectivity index (χ1v) is 12.4. The summed E-state index contributed by atoms with van der Waals surface area (Å²) in [5.74, 6) is -0.269. The van der Waals surface area contributed by atoms with E-state index in [-0.39, 0.29) is 10.8 Å². The van der Waals surface area contributed by atoms with Gasteiger partial charge in [0.1, 0.15) is 0 Å². The predicted molar refractivity (Wildman–Crippen MR) is 128 cm³/mol. The van der Waals surface area contributed by atoms with Crippen LogP contribution in [-0.2, 0) is 16.6 Å². The number of anilines is 1. The molecule has 32 heavy (non-hydrogen) atoms. The molecule has 0 spiro atoms. The molecule has 1 saturated heterocycles. The lowest BCUT2D eigenvalue weighted by atomic mass is 10.0. The maximum Gasteiger partial charge on any atom is 0.253 e. The summed E-state index contributed by atoms with van der Waals surface area (Å²) < 4.78 is 26.6. The van der Waals surface area contributed by atoms with Crippen molar-refractivity contribution in [1.82, 2.24) is 9.62 Å². The molecule has 1 N–H and O–H groups in total. The Balaban J connectivity index is 1.66. The molecule has 168 valence electrons. The van der Waals surface area contributed by atoms with Gasteiger partial charge in [-0.3, -0.25) is 4.79 Å². The van der Waals surface area contributed by atoms with E-state index in [9.17, 15) is 13.2 Å². The van der Waals surface area contributed by atoms with Crippen molar-refractivity contribution in [3.8, 4) is 0 Å². The van der Waals surface area contributed by atoms with Gasteiger partial charge < -0.3 is 10.2 Å². The lowest BCUT2D eigenvalue weighted by Crippen LogP contribution is -2.33. The van der Waals surface area contributed by atoms with Crippen molar-refractivity contribution in [1.29, 1.82) is 0 Å². The lowest BCUT2D eigenvalue weighted by Gasteiger charge is -2.30. The van der Waals surface area contributed by atoms with Gasteiger partial charge in [0.25, 0.3) is 5.91 Å². The fraction of sp³-hybridized carbons (Fsp3) is 0.320. The predicted octanol–water partition coefficient (Wildman–Crippen LogP) is 4.01. The summed E-state index contributed by atoms with van der Waals surface area (Å²) in [7, 11) is -0.653. The van der Waals surface area contributed by atoms with E-state index >= 15 is 0 Å². The molecule has 1 aliphatic heterocycles. The van der Waals surface area contributed by atoms with Crippen molar-refractivity contribution in [3.05, 3.63) is 71.8 Å². The summed E-state index contributed by atoms with van der Waals surface area (Å²) in [6.07, 6.45) is 3.30.